The molecule has 1 aromatic carbocycles. The summed E-state index contributed by atoms with van der Waals surface area (Å²) in [6, 6.07) is 8.10. The van der Waals surface area contributed by atoms with E-state index in [0.717, 1.165) is 5.02 Å². The summed E-state index contributed by atoms with van der Waals surface area (Å²) < 4.78 is 0. The predicted molar refractivity (Wildman–Crippen MR) is 62.6 cm³/mol. The molecule has 0 bridgehead atoms. The average molecular weight is 215 g/mol. The second-order valence-corrected chi connectivity index (χ2v) is 5.74. The van der Waals surface area contributed by atoms with Crippen molar-refractivity contribution in [3.05, 3.63) is 34.9 Å². The lowest BCUT2D eigenvalue weighted by atomic mass is 10.2. The van der Waals surface area contributed by atoms with Gasteiger partial charge in [-0.3, -0.25) is 0 Å². The van der Waals surface area contributed by atoms with Crippen LogP contribution in [0.25, 0.3) is 0 Å². The van der Waals surface area contributed by atoms with E-state index in [2.05, 4.69) is 26.8 Å². The lowest BCUT2D eigenvalue weighted by molar-refractivity contribution is 1.04. The van der Waals surface area contributed by atoms with Crippen molar-refractivity contribution < 1.29 is 0 Å². The van der Waals surface area contributed by atoms with Crippen molar-refractivity contribution >= 4 is 23.4 Å². The fourth-order valence-corrected chi connectivity index (χ4v) is 2.57. The molecule has 1 rings (SSSR count). The zero-order valence-electron chi connectivity index (χ0n) is 8.25. The zero-order chi connectivity index (χ0) is 9.84. The van der Waals surface area contributed by atoms with E-state index in [1.165, 1.54) is 5.56 Å². The van der Waals surface area contributed by atoms with Gasteiger partial charge >= 0.3 is 0 Å². The topological polar surface area (TPSA) is 0 Å². The van der Waals surface area contributed by atoms with Gasteiger partial charge in [0.15, 0.2) is 0 Å². The minimum Gasteiger partial charge on any atom is -0.151 e. The first-order chi connectivity index (χ1) is 6.09. The second-order valence-electron chi connectivity index (χ2n) is 3.38. The van der Waals surface area contributed by atoms with Gasteiger partial charge in [-0.05, 0) is 29.9 Å². The minimum atomic E-state index is 0.527. The van der Waals surface area contributed by atoms with Gasteiger partial charge in [0.1, 0.15) is 0 Å². The van der Waals surface area contributed by atoms with E-state index in [1.54, 1.807) is 0 Å². The van der Waals surface area contributed by atoms with Gasteiger partial charge in [-0.15, -0.1) is 0 Å². The number of thioether (sulfide) groups is 1. The van der Waals surface area contributed by atoms with E-state index in [9.17, 15) is 0 Å². The summed E-state index contributed by atoms with van der Waals surface area (Å²) in [7, 11) is 0. The van der Waals surface area contributed by atoms with Gasteiger partial charge in [0.25, 0.3) is 0 Å². The third-order valence-corrected chi connectivity index (χ3v) is 3.25. The highest BCUT2D eigenvalue weighted by atomic mass is 35.5. The Morgan fingerprint density at radius 1 is 1.23 bits per heavy atom. The number of hydrogen-bond acceptors (Lipinski definition) is 1. The summed E-state index contributed by atoms with van der Waals surface area (Å²) in [5.41, 5.74) is 1.31. The van der Waals surface area contributed by atoms with Crippen LogP contribution in [0.4, 0.5) is 0 Å². The summed E-state index contributed by atoms with van der Waals surface area (Å²) in [6.45, 7) is 6.65. The predicted octanol–water partition coefficient (Wildman–Crippen LogP) is 4.54. The van der Waals surface area contributed by atoms with Crippen molar-refractivity contribution in [1.82, 2.24) is 0 Å². The third kappa shape index (κ3) is 3.61. The zero-order valence-corrected chi connectivity index (χ0v) is 9.82. The molecule has 0 saturated heterocycles. The van der Waals surface area contributed by atoms with Gasteiger partial charge in [0, 0.05) is 10.3 Å². The fourth-order valence-electron chi connectivity index (χ4n) is 1.25. The summed E-state index contributed by atoms with van der Waals surface area (Å²) in [6.07, 6.45) is 0. The molecule has 13 heavy (non-hydrogen) atoms. The molecule has 0 nitrogen and oxygen atoms in total. The maximum Gasteiger partial charge on any atom is 0.0409 e. The molecule has 1 unspecified atom stereocenters. The van der Waals surface area contributed by atoms with Gasteiger partial charge in [-0.25, -0.2) is 0 Å². The third-order valence-electron chi connectivity index (χ3n) is 1.79. The first-order valence-corrected chi connectivity index (χ1v) is 5.82. The summed E-state index contributed by atoms with van der Waals surface area (Å²) >= 11 is 7.87. The van der Waals surface area contributed by atoms with E-state index in [1.807, 2.05) is 30.0 Å². The first-order valence-electron chi connectivity index (χ1n) is 4.50. The molecule has 0 aromatic heterocycles. The Balaban J connectivity index is 2.71. The van der Waals surface area contributed by atoms with Gasteiger partial charge in [0.05, 0.1) is 0 Å². The maximum absolute atomic E-state index is 5.92. The molecule has 0 aliphatic rings. The molecular weight excluding hydrogens is 200 g/mol. The molecule has 0 aliphatic heterocycles. The van der Waals surface area contributed by atoms with Crippen molar-refractivity contribution in [2.45, 2.75) is 31.3 Å². The van der Waals surface area contributed by atoms with Crippen molar-refractivity contribution in [2.75, 3.05) is 0 Å². The summed E-state index contributed by atoms with van der Waals surface area (Å²) in [5.74, 6) is 0. The molecule has 1 aromatic rings. The highest BCUT2D eigenvalue weighted by molar-refractivity contribution is 8.00. The maximum atomic E-state index is 5.92. The Morgan fingerprint density at radius 2 is 1.92 bits per heavy atom. The quantitative estimate of drug-likeness (QED) is 0.712. The van der Waals surface area contributed by atoms with Crippen LogP contribution in [0.2, 0.25) is 5.02 Å². The van der Waals surface area contributed by atoms with Crippen molar-refractivity contribution in [3.8, 4) is 0 Å². The molecule has 1 atom stereocenters. The highest BCUT2D eigenvalue weighted by Gasteiger charge is 2.07. The van der Waals surface area contributed by atoms with Crippen molar-refractivity contribution in [3.63, 3.8) is 0 Å². The van der Waals surface area contributed by atoms with E-state index in [4.69, 9.17) is 11.6 Å². The minimum absolute atomic E-state index is 0.527. The Bertz CT molecular complexity index is 271. The molecular formula is C11H15ClS. The molecule has 0 amide bonds. The van der Waals surface area contributed by atoms with Crippen LogP contribution in [0.3, 0.4) is 0 Å². The van der Waals surface area contributed by atoms with Crippen LogP contribution in [-0.4, -0.2) is 5.25 Å². The molecule has 0 aliphatic carbocycles. The Labute approximate surface area is 89.7 Å². The Morgan fingerprint density at radius 3 is 2.46 bits per heavy atom. The van der Waals surface area contributed by atoms with Crippen LogP contribution in [0.1, 0.15) is 31.6 Å². The standard InChI is InChI=1S/C11H15ClS/c1-8(2)13-9(3)10-5-4-6-11(12)7-10/h4-9H,1-3H3. The second kappa shape index (κ2) is 4.92. The molecule has 2 heteroatoms. The van der Waals surface area contributed by atoms with E-state index >= 15 is 0 Å². The van der Waals surface area contributed by atoms with Gasteiger partial charge < -0.3 is 0 Å². The lowest BCUT2D eigenvalue weighted by Crippen LogP contribution is -1.94. The molecule has 0 heterocycles. The monoisotopic (exact) mass is 214 g/mol. The fraction of sp³-hybridized carbons (Fsp3) is 0.455. The van der Waals surface area contributed by atoms with Crippen LogP contribution in [0, 0.1) is 0 Å². The molecule has 0 N–H and O–H groups in total. The molecule has 0 radical (unpaired) electrons. The molecule has 72 valence electrons. The van der Waals surface area contributed by atoms with Gasteiger partial charge in [-0.2, -0.15) is 11.8 Å². The van der Waals surface area contributed by atoms with Gasteiger partial charge in [0.2, 0.25) is 0 Å². The van der Waals surface area contributed by atoms with Crippen LogP contribution in [0.5, 0.6) is 0 Å². The summed E-state index contributed by atoms with van der Waals surface area (Å²) in [5, 5.41) is 2.02. The van der Waals surface area contributed by atoms with Gasteiger partial charge in [-0.1, -0.05) is 37.6 Å². The van der Waals surface area contributed by atoms with Crippen molar-refractivity contribution in [2.24, 2.45) is 0 Å². The number of benzene rings is 1. The van der Waals surface area contributed by atoms with Crippen molar-refractivity contribution in [1.29, 1.82) is 0 Å². The first kappa shape index (κ1) is 10.9. The molecule has 0 saturated carbocycles. The number of hydrogen-bond donors (Lipinski definition) is 0. The molecule has 0 fully saturated rings. The van der Waals surface area contributed by atoms with E-state index < -0.39 is 0 Å². The van der Waals surface area contributed by atoms with E-state index in [0.29, 0.717) is 10.5 Å². The largest absolute Gasteiger partial charge is 0.151 e. The Hall–Kier alpha value is -0.140. The van der Waals surface area contributed by atoms with Crippen LogP contribution in [-0.2, 0) is 0 Å². The van der Waals surface area contributed by atoms with Crippen LogP contribution in [0.15, 0.2) is 24.3 Å². The normalized spacial score (nSPS) is 13.3. The SMILES string of the molecule is CC(C)SC(C)c1cccc(Cl)c1. The van der Waals surface area contributed by atoms with Crippen LogP contribution < -0.4 is 0 Å². The highest BCUT2D eigenvalue weighted by Crippen LogP contribution is 2.32. The number of halogens is 1. The van der Waals surface area contributed by atoms with Crippen LogP contribution >= 0.6 is 23.4 Å². The van der Waals surface area contributed by atoms with E-state index in [-0.39, 0.29) is 0 Å². The smallest absolute Gasteiger partial charge is 0.0409 e. The Kier molecular flexibility index (Phi) is 4.14. The molecule has 0 spiro atoms. The summed E-state index contributed by atoms with van der Waals surface area (Å²) in [4.78, 5) is 0. The number of rotatable bonds is 3. The average Bonchev–Trinajstić information content (AvgIpc) is 2.03. The lowest BCUT2D eigenvalue weighted by Gasteiger charge is -2.14.